The molecule has 3 aromatic rings. The van der Waals surface area contributed by atoms with E-state index < -0.39 is 59.5 Å². The Kier molecular flexibility index (Phi) is 9.35. The van der Waals surface area contributed by atoms with Gasteiger partial charge in [-0.15, -0.1) is 5.10 Å². The maximum Gasteiger partial charge on any atom is 0.453 e. The van der Waals surface area contributed by atoms with Gasteiger partial charge in [-0.2, -0.15) is 26.3 Å². The minimum absolute atomic E-state index is 0.00386. The molecule has 9 nitrogen and oxygen atoms in total. The second kappa shape index (κ2) is 12.8. The Morgan fingerprint density at radius 3 is 2.17 bits per heavy atom. The van der Waals surface area contributed by atoms with Crippen molar-refractivity contribution >= 4 is 33.6 Å². The van der Waals surface area contributed by atoms with Crippen molar-refractivity contribution in [3.63, 3.8) is 0 Å². The molecule has 248 valence electrons. The lowest BCUT2D eigenvalue weighted by molar-refractivity contribution is -0.149. The molecule has 0 bridgehead atoms. The molecule has 3 amide bonds. The molecule has 0 radical (unpaired) electrons. The van der Waals surface area contributed by atoms with Crippen LogP contribution in [0.3, 0.4) is 0 Å². The minimum Gasteiger partial charge on any atom is -0.340 e. The van der Waals surface area contributed by atoms with Gasteiger partial charge in [0.1, 0.15) is 5.82 Å². The van der Waals surface area contributed by atoms with Gasteiger partial charge in [0.2, 0.25) is 5.91 Å². The molecule has 46 heavy (non-hydrogen) atoms. The van der Waals surface area contributed by atoms with Gasteiger partial charge in [-0.25, -0.2) is 13.9 Å². The van der Waals surface area contributed by atoms with Gasteiger partial charge in [0, 0.05) is 49.2 Å². The molecule has 0 spiro atoms. The Hall–Kier alpha value is -3.76. The highest BCUT2D eigenvalue weighted by Crippen LogP contribution is 2.39. The largest absolute Gasteiger partial charge is 0.453 e. The Morgan fingerprint density at radius 1 is 0.913 bits per heavy atom. The standard InChI is InChI=1S/C29H29BrF7N7O2/c1-41(22-12-18(28(32,33)34)11-19(30)13-22)27(46)42(2)24-15-43(14-23(24)16-3-7-20(31)8-4-16)25(45)17-5-9-21(10-6-17)44-26(29(35,36)37)38-39-40-44/h3-4,7-8,11-13,17,21,23-24H,5-6,9-10,14-15H2,1-2H3/t17-,21-,23-,24+/m0/s1. The van der Waals surface area contributed by atoms with E-state index in [1.807, 2.05) is 0 Å². The molecular weight excluding hydrogens is 691 g/mol. The number of halogens is 8. The van der Waals surface area contributed by atoms with Gasteiger partial charge < -0.3 is 9.80 Å². The number of carbonyl (C=O) groups is 2. The third-order valence-electron chi connectivity index (χ3n) is 8.72. The van der Waals surface area contributed by atoms with Crippen molar-refractivity contribution in [2.24, 2.45) is 5.92 Å². The molecule has 5 rings (SSSR count). The lowest BCUT2D eigenvalue weighted by Crippen LogP contribution is -2.48. The predicted molar refractivity (Wildman–Crippen MR) is 154 cm³/mol. The fourth-order valence-electron chi connectivity index (χ4n) is 6.27. The van der Waals surface area contributed by atoms with Gasteiger partial charge in [0.25, 0.3) is 5.82 Å². The first-order valence-electron chi connectivity index (χ1n) is 14.3. The van der Waals surface area contributed by atoms with Gasteiger partial charge in [-0.3, -0.25) is 9.69 Å². The summed E-state index contributed by atoms with van der Waals surface area (Å²) in [6.07, 6.45) is -8.26. The zero-order valence-electron chi connectivity index (χ0n) is 24.6. The summed E-state index contributed by atoms with van der Waals surface area (Å²) in [5.74, 6) is -2.83. The maximum atomic E-state index is 13.8. The number of amides is 3. The summed E-state index contributed by atoms with van der Waals surface area (Å²) in [5, 5.41) is 9.79. The third kappa shape index (κ3) is 6.98. The van der Waals surface area contributed by atoms with E-state index in [1.165, 1.54) is 37.2 Å². The van der Waals surface area contributed by atoms with Crippen molar-refractivity contribution in [3.8, 4) is 0 Å². The van der Waals surface area contributed by atoms with Gasteiger partial charge in [-0.05, 0) is 72.0 Å². The second-order valence-corrected chi connectivity index (χ2v) is 12.5. The zero-order valence-corrected chi connectivity index (χ0v) is 26.2. The summed E-state index contributed by atoms with van der Waals surface area (Å²) in [7, 11) is 2.84. The second-order valence-electron chi connectivity index (χ2n) is 11.6. The molecule has 17 heteroatoms. The molecule has 2 aromatic carbocycles. The predicted octanol–water partition coefficient (Wildman–Crippen LogP) is 6.53. The molecule has 1 saturated heterocycles. The van der Waals surface area contributed by atoms with E-state index in [9.17, 15) is 40.3 Å². The van der Waals surface area contributed by atoms with Crippen molar-refractivity contribution in [2.75, 3.05) is 32.1 Å². The number of likely N-dealkylation sites (N-methyl/N-ethyl adjacent to an activating group) is 1. The highest BCUT2D eigenvalue weighted by molar-refractivity contribution is 9.10. The summed E-state index contributed by atoms with van der Waals surface area (Å²) in [5.41, 5.74) is -0.283. The molecule has 1 aliphatic heterocycles. The number of likely N-dealkylation sites (tertiary alicyclic amines) is 1. The van der Waals surface area contributed by atoms with Gasteiger partial charge >= 0.3 is 18.4 Å². The van der Waals surface area contributed by atoms with Crippen LogP contribution in [0.25, 0.3) is 0 Å². The number of hydrogen-bond donors (Lipinski definition) is 0. The number of tetrazole rings is 1. The number of nitrogens with zero attached hydrogens (tertiary/aromatic N) is 7. The Bertz CT molecular complexity index is 1570. The van der Waals surface area contributed by atoms with Crippen molar-refractivity contribution in [2.45, 2.75) is 56.0 Å². The fourth-order valence-corrected chi connectivity index (χ4v) is 6.75. The summed E-state index contributed by atoms with van der Waals surface area (Å²) in [6, 6.07) is 6.93. The van der Waals surface area contributed by atoms with E-state index in [0.717, 1.165) is 21.7 Å². The first-order chi connectivity index (χ1) is 21.5. The van der Waals surface area contributed by atoms with Gasteiger partial charge in [-0.1, -0.05) is 28.1 Å². The number of anilines is 1. The minimum atomic E-state index is -4.72. The van der Waals surface area contributed by atoms with Crippen LogP contribution in [0.1, 0.15) is 54.6 Å². The van der Waals surface area contributed by atoms with E-state index in [2.05, 4.69) is 31.5 Å². The Labute approximate surface area is 267 Å². The van der Waals surface area contributed by atoms with Crippen LogP contribution in [-0.4, -0.2) is 75.2 Å². The van der Waals surface area contributed by atoms with Crippen LogP contribution in [0.4, 0.5) is 41.2 Å². The van der Waals surface area contributed by atoms with Crippen molar-refractivity contribution in [3.05, 3.63) is 69.7 Å². The summed E-state index contributed by atoms with van der Waals surface area (Å²) < 4.78 is 95.0. The average molecular weight is 720 g/mol. The molecule has 1 aromatic heterocycles. The normalized spacial score (nSPS) is 22.2. The SMILES string of the molecule is CN(C(=O)N(C)[C@@H]1CN(C(=O)[C@H]2CC[C@H](n3nnnc3C(F)(F)F)CC2)C[C@H]1c1ccc(F)cc1)c1cc(Br)cc(C(F)(F)F)c1. The van der Waals surface area contributed by atoms with Crippen LogP contribution >= 0.6 is 15.9 Å². The molecule has 0 N–H and O–H groups in total. The molecule has 1 saturated carbocycles. The molecule has 2 aliphatic rings. The first kappa shape index (κ1) is 33.6. The molecular formula is C29H29BrF7N7O2. The van der Waals surface area contributed by atoms with Crippen molar-refractivity contribution < 1.29 is 40.3 Å². The summed E-state index contributed by atoms with van der Waals surface area (Å²) in [6.45, 7) is 0.269. The Balaban J connectivity index is 1.33. The Morgan fingerprint density at radius 2 is 1.57 bits per heavy atom. The summed E-state index contributed by atoms with van der Waals surface area (Å²) in [4.78, 5) is 31.4. The van der Waals surface area contributed by atoms with Crippen LogP contribution in [-0.2, 0) is 17.1 Å². The van der Waals surface area contributed by atoms with E-state index in [4.69, 9.17) is 0 Å². The number of benzene rings is 2. The number of carbonyl (C=O) groups excluding carboxylic acids is 2. The van der Waals surface area contributed by atoms with Crippen LogP contribution in [0.15, 0.2) is 46.9 Å². The molecule has 2 fully saturated rings. The molecule has 1 aliphatic carbocycles. The highest BCUT2D eigenvalue weighted by Gasteiger charge is 2.44. The van der Waals surface area contributed by atoms with E-state index in [-0.39, 0.29) is 42.0 Å². The van der Waals surface area contributed by atoms with Crippen LogP contribution in [0, 0.1) is 11.7 Å². The first-order valence-corrected chi connectivity index (χ1v) is 15.1. The fraction of sp³-hybridized carbons (Fsp3) is 0.483. The molecule has 2 atom stereocenters. The smallest absolute Gasteiger partial charge is 0.340 e. The number of hydrogen-bond acceptors (Lipinski definition) is 5. The van der Waals surface area contributed by atoms with Crippen LogP contribution < -0.4 is 4.90 Å². The van der Waals surface area contributed by atoms with E-state index in [1.54, 1.807) is 17.0 Å². The lowest BCUT2D eigenvalue weighted by atomic mass is 9.85. The topological polar surface area (TPSA) is 87.5 Å². The number of urea groups is 1. The van der Waals surface area contributed by atoms with Gasteiger partial charge in [0.15, 0.2) is 0 Å². The molecule has 2 heterocycles. The van der Waals surface area contributed by atoms with Crippen LogP contribution in [0.5, 0.6) is 0 Å². The van der Waals surface area contributed by atoms with Crippen molar-refractivity contribution in [1.29, 1.82) is 0 Å². The monoisotopic (exact) mass is 719 g/mol. The van der Waals surface area contributed by atoms with Crippen LogP contribution in [0.2, 0.25) is 0 Å². The highest BCUT2D eigenvalue weighted by atomic mass is 79.9. The average Bonchev–Trinajstić information content (AvgIpc) is 3.68. The van der Waals surface area contributed by atoms with E-state index >= 15 is 0 Å². The third-order valence-corrected chi connectivity index (χ3v) is 9.18. The number of alkyl halides is 6. The molecule has 0 unspecified atom stereocenters. The zero-order chi connectivity index (χ0) is 33.6. The number of rotatable bonds is 5. The maximum absolute atomic E-state index is 13.8. The van der Waals surface area contributed by atoms with Crippen molar-refractivity contribution in [1.82, 2.24) is 30.0 Å². The van der Waals surface area contributed by atoms with Gasteiger partial charge in [0.05, 0.1) is 17.6 Å². The van der Waals surface area contributed by atoms with E-state index in [0.29, 0.717) is 18.4 Å². The lowest BCUT2D eigenvalue weighted by Gasteiger charge is -2.33. The number of aromatic nitrogens is 4. The summed E-state index contributed by atoms with van der Waals surface area (Å²) >= 11 is 3.07. The quantitative estimate of drug-likeness (QED) is 0.280.